The fourth-order valence-electron chi connectivity index (χ4n) is 2.45. The molecule has 0 radical (unpaired) electrons. The number of hydrogen-bond acceptors (Lipinski definition) is 3. The number of hydrogen-bond donors (Lipinski definition) is 1. The molecule has 2 rings (SSSR count). The minimum Gasteiger partial charge on any atom is -0.454 e. The van der Waals surface area contributed by atoms with Crippen molar-refractivity contribution in [3.05, 3.63) is 71.8 Å². The van der Waals surface area contributed by atoms with Gasteiger partial charge in [0.25, 0.3) is 0 Å². The molecule has 3 nitrogen and oxygen atoms in total. The molecule has 1 N–H and O–H groups in total. The number of carbonyl (C=O) groups excluding carboxylic acids is 1. The summed E-state index contributed by atoms with van der Waals surface area (Å²) in [6.45, 7) is 3.83. The third kappa shape index (κ3) is 3.95. The Morgan fingerprint density at radius 3 is 2.14 bits per heavy atom. The van der Waals surface area contributed by atoms with Crippen LogP contribution in [0.2, 0.25) is 0 Å². The first-order chi connectivity index (χ1) is 10.6. The van der Waals surface area contributed by atoms with E-state index in [9.17, 15) is 9.90 Å². The highest BCUT2D eigenvalue weighted by Crippen LogP contribution is 2.30. The van der Waals surface area contributed by atoms with Crippen LogP contribution in [0.5, 0.6) is 0 Å². The second kappa shape index (κ2) is 7.76. The van der Waals surface area contributed by atoms with Crippen molar-refractivity contribution >= 4 is 5.97 Å². The quantitative estimate of drug-likeness (QED) is 0.820. The van der Waals surface area contributed by atoms with E-state index < -0.39 is 12.2 Å². The van der Waals surface area contributed by atoms with Crippen LogP contribution in [0.25, 0.3) is 0 Å². The molecule has 0 fully saturated rings. The van der Waals surface area contributed by atoms with Crippen LogP contribution < -0.4 is 0 Å². The van der Waals surface area contributed by atoms with Crippen molar-refractivity contribution < 1.29 is 14.6 Å². The normalized spacial score (nSPS) is 14.9. The van der Waals surface area contributed by atoms with Gasteiger partial charge < -0.3 is 9.84 Å². The molecule has 0 aliphatic rings. The largest absolute Gasteiger partial charge is 0.454 e. The van der Waals surface area contributed by atoms with Gasteiger partial charge in [-0.15, -0.1) is 0 Å². The first-order valence-corrected chi connectivity index (χ1v) is 7.62. The molecule has 0 spiro atoms. The lowest BCUT2D eigenvalue weighted by Crippen LogP contribution is -2.27. The maximum absolute atomic E-state index is 12.3. The van der Waals surface area contributed by atoms with Crippen molar-refractivity contribution in [1.29, 1.82) is 0 Å². The minimum atomic E-state index is -0.520. The van der Waals surface area contributed by atoms with Gasteiger partial charge in [0, 0.05) is 5.92 Å². The number of aliphatic hydroxyl groups is 1. The van der Waals surface area contributed by atoms with Crippen molar-refractivity contribution in [2.75, 3.05) is 0 Å². The molecular formula is C19H22O3. The molecule has 0 saturated heterocycles. The lowest BCUT2D eigenvalue weighted by Gasteiger charge is -2.27. The Bertz CT molecular complexity index is 580. The molecule has 0 unspecified atom stereocenters. The minimum absolute atomic E-state index is 0.180. The summed E-state index contributed by atoms with van der Waals surface area (Å²) in [6, 6.07) is 18.5. The number of rotatable bonds is 6. The topological polar surface area (TPSA) is 46.5 Å². The molecule has 0 bridgehead atoms. The van der Waals surface area contributed by atoms with Crippen LogP contribution in [0.4, 0.5) is 0 Å². The van der Waals surface area contributed by atoms with E-state index in [2.05, 4.69) is 0 Å². The molecule has 0 amide bonds. The van der Waals surface area contributed by atoms with Crippen molar-refractivity contribution in [2.45, 2.75) is 32.5 Å². The summed E-state index contributed by atoms with van der Waals surface area (Å²) >= 11 is 0. The molecule has 0 aliphatic heterocycles. The van der Waals surface area contributed by atoms with Gasteiger partial charge >= 0.3 is 5.97 Å². The van der Waals surface area contributed by atoms with Gasteiger partial charge in [0.1, 0.15) is 6.10 Å². The Kier molecular flexibility index (Phi) is 5.73. The van der Waals surface area contributed by atoms with Gasteiger partial charge in [-0.2, -0.15) is 0 Å². The van der Waals surface area contributed by atoms with E-state index in [4.69, 9.17) is 4.74 Å². The van der Waals surface area contributed by atoms with E-state index in [1.807, 2.05) is 50.2 Å². The summed E-state index contributed by atoms with van der Waals surface area (Å²) in [6.07, 6.45) is -0.370. The van der Waals surface area contributed by atoms with Crippen LogP contribution in [0, 0.1) is 5.92 Å². The Labute approximate surface area is 131 Å². The lowest BCUT2D eigenvalue weighted by molar-refractivity contribution is -0.0154. The van der Waals surface area contributed by atoms with Crippen LogP contribution in [0.3, 0.4) is 0 Å². The van der Waals surface area contributed by atoms with E-state index >= 15 is 0 Å². The average molecular weight is 298 g/mol. The smallest absolute Gasteiger partial charge is 0.338 e. The number of ether oxygens (including phenoxy) is 1. The first kappa shape index (κ1) is 16.2. The SMILES string of the molecule is CC[C@H](O)[C@@H](C)[C@@H](OC(=O)c1ccccc1)c1ccccc1. The summed E-state index contributed by atoms with van der Waals surface area (Å²) in [7, 11) is 0. The zero-order chi connectivity index (χ0) is 15.9. The third-order valence-electron chi connectivity index (χ3n) is 3.87. The van der Waals surface area contributed by atoms with Gasteiger partial charge in [-0.25, -0.2) is 4.79 Å². The number of aliphatic hydroxyl groups excluding tert-OH is 1. The maximum Gasteiger partial charge on any atom is 0.338 e. The zero-order valence-corrected chi connectivity index (χ0v) is 13.0. The molecule has 3 heteroatoms. The first-order valence-electron chi connectivity index (χ1n) is 7.62. The molecule has 0 aromatic heterocycles. The van der Waals surface area contributed by atoms with Crippen LogP contribution >= 0.6 is 0 Å². The second-order valence-electron chi connectivity index (χ2n) is 5.44. The van der Waals surface area contributed by atoms with E-state index in [1.165, 1.54) is 0 Å². The van der Waals surface area contributed by atoms with E-state index in [1.54, 1.807) is 24.3 Å². The highest BCUT2D eigenvalue weighted by atomic mass is 16.5. The monoisotopic (exact) mass is 298 g/mol. The van der Waals surface area contributed by atoms with Crippen LogP contribution in [0.1, 0.15) is 42.3 Å². The van der Waals surface area contributed by atoms with Crippen molar-refractivity contribution in [2.24, 2.45) is 5.92 Å². The molecule has 2 aromatic rings. The Morgan fingerprint density at radius 1 is 1.05 bits per heavy atom. The summed E-state index contributed by atoms with van der Waals surface area (Å²) < 4.78 is 5.71. The van der Waals surface area contributed by atoms with Gasteiger partial charge in [0.2, 0.25) is 0 Å². The average Bonchev–Trinajstić information content (AvgIpc) is 2.59. The van der Waals surface area contributed by atoms with Crippen molar-refractivity contribution in [3.8, 4) is 0 Å². The maximum atomic E-state index is 12.3. The lowest BCUT2D eigenvalue weighted by atomic mass is 9.91. The highest BCUT2D eigenvalue weighted by molar-refractivity contribution is 5.89. The van der Waals surface area contributed by atoms with E-state index in [-0.39, 0.29) is 11.9 Å². The van der Waals surface area contributed by atoms with E-state index in [0.717, 1.165) is 5.56 Å². The Morgan fingerprint density at radius 2 is 1.59 bits per heavy atom. The third-order valence-corrected chi connectivity index (χ3v) is 3.87. The highest BCUT2D eigenvalue weighted by Gasteiger charge is 2.28. The number of benzene rings is 2. The van der Waals surface area contributed by atoms with Gasteiger partial charge in [-0.1, -0.05) is 62.4 Å². The molecular weight excluding hydrogens is 276 g/mol. The molecule has 22 heavy (non-hydrogen) atoms. The van der Waals surface area contributed by atoms with Crippen LogP contribution in [-0.4, -0.2) is 17.2 Å². The fourth-order valence-corrected chi connectivity index (χ4v) is 2.45. The fraction of sp³-hybridized carbons (Fsp3) is 0.316. The molecule has 0 aliphatic carbocycles. The number of carbonyl (C=O) groups is 1. The zero-order valence-electron chi connectivity index (χ0n) is 13.0. The van der Waals surface area contributed by atoms with Gasteiger partial charge in [0.15, 0.2) is 0 Å². The summed E-state index contributed by atoms with van der Waals surface area (Å²) in [5, 5.41) is 10.2. The van der Waals surface area contributed by atoms with Crippen molar-refractivity contribution in [1.82, 2.24) is 0 Å². The predicted molar refractivity (Wildman–Crippen MR) is 86.5 cm³/mol. The van der Waals surface area contributed by atoms with Crippen LogP contribution in [0.15, 0.2) is 60.7 Å². The van der Waals surface area contributed by atoms with Gasteiger partial charge in [-0.3, -0.25) is 0 Å². The molecule has 0 saturated carbocycles. The summed E-state index contributed by atoms with van der Waals surface area (Å²) in [5.74, 6) is -0.551. The van der Waals surface area contributed by atoms with Gasteiger partial charge in [-0.05, 0) is 24.1 Å². The Balaban J connectivity index is 2.23. The van der Waals surface area contributed by atoms with Crippen LogP contribution in [-0.2, 0) is 4.74 Å². The molecule has 2 aromatic carbocycles. The van der Waals surface area contributed by atoms with Gasteiger partial charge in [0.05, 0.1) is 11.7 Å². The molecule has 0 heterocycles. The molecule has 3 atom stereocenters. The standard InChI is InChI=1S/C19H22O3/c1-3-17(20)14(2)18(15-10-6-4-7-11-15)22-19(21)16-12-8-5-9-13-16/h4-14,17-18,20H,3H2,1-2H3/t14-,17+,18-/m1/s1. The number of esters is 1. The second-order valence-corrected chi connectivity index (χ2v) is 5.44. The predicted octanol–water partition coefficient (Wildman–Crippen LogP) is 3.99. The Hall–Kier alpha value is -2.13. The molecule has 116 valence electrons. The summed E-state index contributed by atoms with van der Waals surface area (Å²) in [5.41, 5.74) is 1.41. The summed E-state index contributed by atoms with van der Waals surface area (Å²) in [4.78, 5) is 12.3. The van der Waals surface area contributed by atoms with E-state index in [0.29, 0.717) is 12.0 Å². The van der Waals surface area contributed by atoms with Crippen molar-refractivity contribution in [3.63, 3.8) is 0 Å².